The molecule has 0 saturated carbocycles. The number of sulfonamides is 1. The van der Waals surface area contributed by atoms with Crippen LogP contribution in [0.4, 0.5) is 5.69 Å². The summed E-state index contributed by atoms with van der Waals surface area (Å²) in [4.78, 5) is 11.7. The third-order valence-corrected chi connectivity index (χ3v) is 4.46. The maximum absolute atomic E-state index is 11.8. The number of ether oxygens (including phenoxy) is 1. The van der Waals surface area contributed by atoms with Gasteiger partial charge in [-0.05, 0) is 23.8 Å². The van der Waals surface area contributed by atoms with E-state index in [0.29, 0.717) is 12.3 Å². The first-order valence-corrected chi connectivity index (χ1v) is 8.05. The summed E-state index contributed by atoms with van der Waals surface area (Å²) in [5.74, 6) is -0.183. The maximum Gasteiger partial charge on any atom is 0.350 e. The normalized spacial score (nSPS) is 11.6. The molecule has 0 bridgehead atoms. The van der Waals surface area contributed by atoms with Crippen molar-refractivity contribution in [2.45, 2.75) is 20.3 Å². The molecule has 1 heterocycles. The molecule has 0 spiro atoms. The van der Waals surface area contributed by atoms with Gasteiger partial charge in [0.15, 0.2) is 0 Å². The molecule has 0 unspecified atom stereocenters. The van der Waals surface area contributed by atoms with Gasteiger partial charge in [-0.1, -0.05) is 13.8 Å². The van der Waals surface area contributed by atoms with Crippen molar-refractivity contribution in [3.8, 4) is 0 Å². The highest BCUT2D eigenvalue weighted by Crippen LogP contribution is 2.24. The highest BCUT2D eigenvalue weighted by atomic mass is 32.2. The second-order valence-corrected chi connectivity index (χ2v) is 7.02. The van der Waals surface area contributed by atoms with Gasteiger partial charge >= 0.3 is 5.97 Å². The largest absolute Gasteiger partial charge is 0.465 e. The van der Waals surface area contributed by atoms with Crippen LogP contribution in [0.2, 0.25) is 0 Å². The fraction of sp³-hybridized carbons (Fsp3) is 0.545. The van der Waals surface area contributed by atoms with Gasteiger partial charge in [0, 0.05) is 0 Å². The molecule has 1 aromatic heterocycles. The number of carbonyl (C=O) groups is 1. The zero-order valence-corrected chi connectivity index (χ0v) is 12.2. The predicted octanol–water partition coefficient (Wildman–Crippen LogP) is 2.32. The molecule has 1 aromatic rings. The molecule has 5 nitrogen and oxygen atoms in total. The lowest BCUT2D eigenvalue weighted by Crippen LogP contribution is -2.19. The monoisotopic (exact) mass is 291 g/mol. The van der Waals surface area contributed by atoms with Crippen LogP contribution in [-0.2, 0) is 14.8 Å². The summed E-state index contributed by atoms with van der Waals surface area (Å²) in [6.45, 7) is 3.92. The lowest BCUT2D eigenvalue weighted by Gasteiger charge is -2.09. The quantitative estimate of drug-likeness (QED) is 0.816. The second kappa shape index (κ2) is 6.19. The van der Waals surface area contributed by atoms with E-state index in [4.69, 9.17) is 0 Å². The van der Waals surface area contributed by atoms with Crippen LogP contribution >= 0.6 is 11.3 Å². The Bertz CT molecular complexity index is 505. The molecular weight excluding hydrogens is 274 g/mol. The number of hydrogen-bond acceptors (Lipinski definition) is 5. The van der Waals surface area contributed by atoms with Gasteiger partial charge in [0.1, 0.15) is 4.88 Å². The minimum atomic E-state index is -3.41. The molecule has 0 atom stereocenters. The van der Waals surface area contributed by atoms with Crippen molar-refractivity contribution in [2.75, 3.05) is 17.6 Å². The van der Waals surface area contributed by atoms with E-state index in [1.807, 2.05) is 13.8 Å². The molecule has 0 saturated heterocycles. The van der Waals surface area contributed by atoms with Gasteiger partial charge < -0.3 is 4.74 Å². The summed E-state index contributed by atoms with van der Waals surface area (Å²) >= 11 is 1.15. The Balaban J connectivity index is 2.78. The van der Waals surface area contributed by atoms with E-state index in [1.54, 1.807) is 11.4 Å². The van der Waals surface area contributed by atoms with Crippen LogP contribution in [0, 0.1) is 5.92 Å². The predicted molar refractivity (Wildman–Crippen MR) is 72.5 cm³/mol. The Morgan fingerprint density at radius 2 is 2.17 bits per heavy atom. The van der Waals surface area contributed by atoms with Crippen LogP contribution < -0.4 is 4.72 Å². The first-order valence-electron chi connectivity index (χ1n) is 5.52. The lowest BCUT2D eigenvalue weighted by molar-refractivity contribution is 0.0607. The summed E-state index contributed by atoms with van der Waals surface area (Å²) in [5, 5.41) is 1.65. The summed E-state index contributed by atoms with van der Waals surface area (Å²) in [6, 6.07) is 1.56. The third-order valence-electron chi connectivity index (χ3n) is 2.27. The van der Waals surface area contributed by atoms with Gasteiger partial charge in [-0.25, -0.2) is 13.2 Å². The minimum absolute atomic E-state index is 0.0428. The van der Waals surface area contributed by atoms with Crippen LogP contribution in [0.5, 0.6) is 0 Å². The van der Waals surface area contributed by atoms with Gasteiger partial charge in [-0.3, -0.25) is 4.72 Å². The molecule has 7 heteroatoms. The molecule has 1 rings (SSSR count). The number of carbonyl (C=O) groups excluding carboxylic acids is 1. The Kier molecular flexibility index (Phi) is 5.15. The average molecular weight is 291 g/mol. The zero-order valence-electron chi connectivity index (χ0n) is 10.6. The van der Waals surface area contributed by atoms with Crippen LogP contribution in [-0.4, -0.2) is 27.2 Å². The van der Waals surface area contributed by atoms with Crippen LogP contribution in [0.25, 0.3) is 0 Å². The topological polar surface area (TPSA) is 72.5 Å². The highest BCUT2D eigenvalue weighted by Gasteiger charge is 2.18. The van der Waals surface area contributed by atoms with Gasteiger partial charge in [-0.2, -0.15) is 0 Å². The van der Waals surface area contributed by atoms with Crippen molar-refractivity contribution >= 4 is 33.0 Å². The molecular formula is C11H17NO4S2. The van der Waals surface area contributed by atoms with Crippen LogP contribution in [0.3, 0.4) is 0 Å². The van der Waals surface area contributed by atoms with Gasteiger partial charge in [0.05, 0.1) is 18.6 Å². The summed E-state index contributed by atoms with van der Waals surface area (Å²) in [5.41, 5.74) is 0.288. The van der Waals surface area contributed by atoms with Crippen LogP contribution in [0.1, 0.15) is 29.9 Å². The third kappa shape index (κ3) is 4.30. The molecule has 1 N–H and O–H groups in total. The Morgan fingerprint density at radius 3 is 2.72 bits per heavy atom. The van der Waals surface area contributed by atoms with Crippen LogP contribution in [0.15, 0.2) is 11.4 Å². The molecule has 18 heavy (non-hydrogen) atoms. The number of thiophene rings is 1. The smallest absolute Gasteiger partial charge is 0.350 e. The molecule has 0 aliphatic carbocycles. The first-order chi connectivity index (χ1) is 8.35. The Hall–Kier alpha value is -1.08. The van der Waals surface area contributed by atoms with E-state index in [2.05, 4.69) is 9.46 Å². The summed E-state index contributed by atoms with van der Waals surface area (Å²) < 4.78 is 30.6. The standard InChI is InChI=1S/C11H17NO4S2/c1-8(2)5-7-18(14,15)12-9-4-6-17-10(9)11(13)16-3/h4,6,8,12H,5,7H2,1-3H3. The second-order valence-electron chi connectivity index (χ2n) is 4.26. The number of methoxy groups -OCH3 is 1. The van der Waals surface area contributed by atoms with Gasteiger partial charge in [-0.15, -0.1) is 11.3 Å². The maximum atomic E-state index is 11.8. The fourth-order valence-corrected chi connectivity index (χ4v) is 3.47. The molecule has 0 aliphatic heterocycles. The van der Waals surface area contributed by atoms with E-state index in [-0.39, 0.29) is 16.3 Å². The molecule has 0 aromatic carbocycles. The Morgan fingerprint density at radius 1 is 1.50 bits per heavy atom. The van der Waals surface area contributed by atoms with Gasteiger partial charge in [0.2, 0.25) is 10.0 Å². The van der Waals surface area contributed by atoms with Gasteiger partial charge in [0.25, 0.3) is 0 Å². The number of anilines is 1. The number of esters is 1. The minimum Gasteiger partial charge on any atom is -0.465 e. The lowest BCUT2D eigenvalue weighted by atomic mass is 10.2. The van der Waals surface area contributed by atoms with E-state index in [9.17, 15) is 13.2 Å². The van der Waals surface area contributed by atoms with E-state index < -0.39 is 16.0 Å². The van der Waals surface area contributed by atoms with Crippen molar-refractivity contribution in [3.63, 3.8) is 0 Å². The highest BCUT2D eigenvalue weighted by molar-refractivity contribution is 7.92. The van der Waals surface area contributed by atoms with Crippen molar-refractivity contribution < 1.29 is 17.9 Å². The zero-order chi connectivity index (χ0) is 13.8. The van der Waals surface area contributed by atoms with E-state index in [1.165, 1.54) is 7.11 Å². The molecule has 0 radical (unpaired) electrons. The molecule has 0 fully saturated rings. The molecule has 0 amide bonds. The van der Waals surface area contributed by atoms with Crippen molar-refractivity contribution in [1.82, 2.24) is 0 Å². The van der Waals surface area contributed by atoms with E-state index in [0.717, 1.165) is 11.3 Å². The number of nitrogens with one attached hydrogen (secondary N) is 1. The van der Waals surface area contributed by atoms with Crippen molar-refractivity contribution in [3.05, 3.63) is 16.3 Å². The Labute approximate surface area is 111 Å². The SMILES string of the molecule is COC(=O)c1sccc1NS(=O)(=O)CCC(C)C. The fourth-order valence-electron chi connectivity index (χ4n) is 1.25. The van der Waals surface area contributed by atoms with Crippen molar-refractivity contribution in [1.29, 1.82) is 0 Å². The first kappa shape index (κ1) is 15.0. The molecule has 0 aliphatic rings. The molecule has 102 valence electrons. The number of rotatable bonds is 6. The van der Waals surface area contributed by atoms with E-state index >= 15 is 0 Å². The average Bonchev–Trinajstić information content (AvgIpc) is 2.73. The van der Waals surface area contributed by atoms with Crippen molar-refractivity contribution in [2.24, 2.45) is 5.92 Å². The summed E-state index contributed by atoms with van der Waals surface area (Å²) in [7, 11) is -2.15. The summed E-state index contributed by atoms with van der Waals surface area (Å²) in [6.07, 6.45) is 0.576. The number of hydrogen-bond donors (Lipinski definition) is 1.